The fourth-order valence-corrected chi connectivity index (χ4v) is 21.7. The van der Waals surface area contributed by atoms with Crippen LogP contribution in [0.4, 0.5) is 0 Å². The van der Waals surface area contributed by atoms with Crippen LogP contribution >= 0.6 is 11.3 Å². The van der Waals surface area contributed by atoms with Gasteiger partial charge in [-0.25, -0.2) is 0 Å². The van der Waals surface area contributed by atoms with Gasteiger partial charge in [-0.1, -0.05) is 407 Å². The average molecular weight is 1570 g/mol. The summed E-state index contributed by atoms with van der Waals surface area (Å²) in [5, 5.41) is 33.6. The molecule has 0 N–H and O–H groups in total. The van der Waals surface area contributed by atoms with E-state index >= 15 is 0 Å². The largest absolute Gasteiger partial charge is 0.135 e. The Morgan fingerprint density at radius 2 is 0.516 bits per heavy atom. The van der Waals surface area contributed by atoms with Crippen molar-refractivity contribution in [2.45, 2.75) is 47.0 Å². The number of aryl methyl sites for hydroxylation is 4. The van der Waals surface area contributed by atoms with Crippen molar-refractivity contribution in [2.24, 2.45) is 0 Å². The van der Waals surface area contributed by atoms with Crippen molar-refractivity contribution in [2.75, 3.05) is 0 Å². The standard InChI is InChI=1S/C35H24.C32H24.C29H20.C25H16S/c1-23-12-17-30(33(22-23)25-10-6-3-7-11-25)29-19-14-27-15-20-31-28(24-8-4-2-5-9-24)18-13-26-16-21-32(29)35(27)34(26)31;1-19-8-9-20-12-17-27-24(15-11-21-10-14-23(19)30(20)31(21)27)22-13-16-26-25-6-4-5-7-28(25)32(2,3)29(26)18-22;1-19-5-7-20(8-6-19)21-9-11-22(12-10-21)26-17-15-25-14-13-23-3-2-4-24-16-18-27(26)29(25)28(23)24;1-15-6-7-16-10-13-21-20(23-14-18-4-2-3-5-22(18)26-23)12-9-17-8-11-19(15)24(16)25(17)21/h2-22H,1H3;4-18H,1-3H3;2-18H,1H3;2-14H,1H3. The van der Waals surface area contributed by atoms with Gasteiger partial charge in [0.15, 0.2) is 0 Å². The molecule has 0 saturated carbocycles. The minimum atomic E-state index is 0.0167. The van der Waals surface area contributed by atoms with Crippen LogP contribution in [-0.2, 0) is 5.41 Å². The van der Waals surface area contributed by atoms with Crippen LogP contribution in [0.2, 0.25) is 0 Å². The fraction of sp³-hybridized carbons (Fsp3) is 0.0579. The minimum absolute atomic E-state index is 0.0167. The molecule has 0 aliphatic heterocycles. The van der Waals surface area contributed by atoms with E-state index in [0.717, 1.165) is 0 Å². The molecule has 0 nitrogen and oxygen atoms in total. The highest BCUT2D eigenvalue weighted by atomic mass is 32.1. The van der Waals surface area contributed by atoms with Crippen molar-refractivity contribution in [3.63, 3.8) is 0 Å². The Morgan fingerprint density at radius 3 is 1.06 bits per heavy atom. The second kappa shape index (κ2) is 28.9. The molecule has 122 heavy (non-hydrogen) atoms. The summed E-state index contributed by atoms with van der Waals surface area (Å²) in [6, 6.07) is 148. The number of rotatable bonds is 7. The van der Waals surface area contributed by atoms with Gasteiger partial charge in [-0.2, -0.15) is 0 Å². The lowest BCUT2D eigenvalue weighted by Gasteiger charge is -2.22. The lowest BCUT2D eigenvalue weighted by atomic mass is 9.81. The van der Waals surface area contributed by atoms with Crippen molar-refractivity contribution in [1.29, 1.82) is 0 Å². The molecule has 0 bridgehead atoms. The van der Waals surface area contributed by atoms with Crippen LogP contribution in [0.15, 0.2) is 400 Å². The molecule has 0 saturated heterocycles. The maximum absolute atomic E-state index is 2.44. The van der Waals surface area contributed by atoms with E-state index in [-0.39, 0.29) is 5.41 Å². The zero-order chi connectivity index (χ0) is 81.6. The summed E-state index contributed by atoms with van der Waals surface area (Å²) >= 11 is 1.88. The molecule has 24 aromatic carbocycles. The van der Waals surface area contributed by atoms with Crippen LogP contribution in [0.5, 0.6) is 0 Å². The first-order chi connectivity index (χ1) is 59.9. The molecular weight excluding hydrogens is 1490 g/mol. The quantitative estimate of drug-likeness (QED) is 0.140. The van der Waals surface area contributed by atoms with Crippen LogP contribution in [0.1, 0.15) is 47.2 Å². The molecule has 25 aromatic rings. The third-order valence-corrected chi connectivity index (χ3v) is 27.9. The topological polar surface area (TPSA) is 0 Å². The van der Waals surface area contributed by atoms with Crippen LogP contribution < -0.4 is 0 Å². The maximum atomic E-state index is 2.44. The van der Waals surface area contributed by atoms with E-state index in [9.17, 15) is 0 Å². The zero-order valence-electron chi connectivity index (χ0n) is 69.0. The van der Waals surface area contributed by atoms with Crippen molar-refractivity contribution >= 4 is 151 Å². The predicted molar refractivity (Wildman–Crippen MR) is 531 cm³/mol. The van der Waals surface area contributed by atoms with Crippen molar-refractivity contribution in [1.82, 2.24) is 0 Å². The first kappa shape index (κ1) is 72.6. The second-order valence-electron chi connectivity index (χ2n) is 34.3. The monoisotopic (exact) mass is 1570 g/mol. The molecule has 1 aliphatic carbocycles. The van der Waals surface area contributed by atoms with E-state index in [1.807, 2.05) is 11.3 Å². The number of benzene rings is 24. The highest BCUT2D eigenvalue weighted by molar-refractivity contribution is 7.22. The third kappa shape index (κ3) is 11.9. The molecule has 1 aromatic heterocycles. The fourth-order valence-electron chi connectivity index (χ4n) is 20.6. The van der Waals surface area contributed by atoms with Gasteiger partial charge < -0.3 is 0 Å². The van der Waals surface area contributed by atoms with Gasteiger partial charge in [0.1, 0.15) is 0 Å². The molecule has 0 atom stereocenters. The highest BCUT2D eigenvalue weighted by Crippen LogP contribution is 2.52. The zero-order valence-corrected chi connectivity index (χ0v) is 69.8. The van der Waals surface area contributed by atoms with E-state index in [4.69, 9.17) is 0 Å². The third-order valence-electron chi connectivity index (χ3n) is 26.8. The number of thiophene rings is 1. The Labute approximate surface area is 714 Å². The number of fused-ring (bicyclic) bond motifs is 4. The molecule has 1 heterocycles. The van der Waals surface area contributed by atoms with E-state index < -0.39 is 0 Å². The van der Waals surface area contributed by atoms with Gasteiger partial charge >= 0.3 is 0 Å². The van der Waals surface area contributed by atoms with Crippen LogP contribution in [0.3, 0.4) is 0 Å². The van der Waals surface area contributed by atoms with E-state index in [2.05, 4.69) is 442 Å². The Hall–Kier alpha value is -14.6. The van der Waals surface area contributed by atoms with Crippen molar-refractivity contribution < 1.29 is 0 Å². The van der Waals surface area contributed by atoms with Crippen molar-refractivity contribution in [3.05, 3.63) is 434 Å². The van der Waals surface area contributed by atoms with E-state index in [0.29, 0.717) is 0 Å². The summed E-state index contributed by atoms with van der Waals surface area (Å²) in [6.07, 6.45) is 0. The second-order valence-corrected chi connectivity index (χ2v) is 35.3. The predicted octanol–water partition coefficient (Wildman–Crippen LogP) is 34.8. The van der Waals surface area contributed by atoms with Crippen LogP contribution in [-0.4, -0.2) is 0 Å². The molecular formula is C121H84S. The van der Waals surface area contributed by atoms with Gasteiger partial charge in [-0.3, -0.25) is 0 Å². The molecule has 0 spiro atoms. The summed E-state index contributed by atoms with van der Waals surface area (Å²) in [5.74, 6) is 0. The molecule has 0 fully saturated rings. The summed E-state index contributed by atoms with van der Waals surface area (Å²) in [6.45, 7) is 13.4. The first-order valence-corrected chi connectivity index (χ1v) is 43.6. The molecule has 0 radical (unpaired) electrons. The van der Waals surface area contributed by atoms with E-state index in [1.165, 1.54) is 261 Å². The van der Waals surface area contributed by atoms with Crippen LogP contribution in [0, 0.1) is 27.7 Å². The van der Waals surface area contributed by atoms with Gasteiger partial charge in [0.25, 0.3) is 0 Å². The highest BCUT2D eigenvalue weighted by Gasteiger charge is 2.35. The van der Waals surface area contributed by atoms with Crippen molar-refractivity contribution in [3.8, 4) is 88.3 Å². The molecule has 0 amide bonds. The van der Waals surface area contributed by atoms with Gasteiger partial charge in [-0.05, 0) is 286 Å². The minimum Gasteiger partial charge on any atom is -0.135 e. The Bertz CT molecular complexity index is 8360. The first-order valence-electron chi connectivity index (χ1n) is 42.7. The average Bonchev–Trinajstić information content (AvgIpc) is 1.67. The van der Waals surface area contributed by atoms with Gasteiger partial charge in [0, 0.05) is 15.0 Å². The van der Waals surface area contributed by atoms with Crippen LogP contribution in [0.25, 0.3) is 228 Å². The molecule has 574 valence electrons. The summed E-state index contributed by atoms with van der Waals surface area (Å²) < 4.78 is 1.35. The smallest absolute Gasteiger partial charge is 0.0361 e. The Kier molecular flexibility index (Phi) is 17.2. The number of hydrogen-bond donors (Lipinski definition) is 0. The Morgan fingerprint density at radius 1 is 0.180 bits per heavy atom. The maximum Gasteiger partial charge on any atom is 0.0361 e. The molecule has 26 rings (SSSR count). The summed E-state index contributed by atoms with van der Waals surface area (Å²) in [7, 11) is 0. The normalized spacial score (nSPS) is 12.4. The van der Waals surface area contributed by atoms with Gasteiger partial charge in [0.2, 0.25) is 0 Å². The van der Waals surface area contributed by atoms with Gasteiger partial charge in [-0.15, -0.1) is 11.3 Å². The molecule has 1 aliphatic rings. The molecule has 1 heteroatoms. The van der Waals surface area contributed by atoms with Gasteiger partial charge in [0.05, 0.1) is 0 Å². The number of hydrogen-bond acceptors (Lipinski definition) is 1. The lowest BCUT2D eigenvalue weighted by Crippen LogP contribution is -2.14. The summed E-state index contributed by atoms with van der Waals surface area (Å²) in [4.78, 5) is 1.35. The SMILES string of the molecule is Cc1ccc(-c2ccc(-c3ccc4ccc5cccc6ccc3c4c56)cc2)cc1.Cc1ccc(-c2ccc3ccc4c(-c5ccccc5)ccc5ccc2c3c54)c(-c2ccccc2)c1.Cc1ccc2ccc3c(-c4cc5ccccc5s4)ccc4ccc1c2c43.Cc1ccc2ccc3c(-c4ccc5c(c4)C(C)(C)c4ccccc4-5)ccc4ccc1c2c43. The Balaban J connectivity index is 0.0000000949. The summed E-state index contributed by atoms with van der Waals surface area (Å²) in [5.41, 5.74) is 27.6. The molecule has 0 unspecified atom stereocenters. The van der Waals surface area contributed by atoms with E-state index in [1.54, 1.807) is 0 Å². The lowest BCUT2D eigenvalue weighted by molar-refractivity contribution is 0.660.